The van der Waals surface area contributed by atoms with E-state index in [9.17, 15) is 18.0 Å². The zero-order valence-corrected chi connectivity index (χ0v) is 6.22. The molecule has 0 amide bonds. The van der Waals surface area contributed by atoms with Gasteiger partial charge in [0.2, 0.25) is 5.89 Å². The van der Waals surface area contributed by atoms with Crippen molar-refractivity contribution >= 4 is 0 Å². The highest BCUT2D eigenvalue weighted by molar-refractivity contribution is 4.67. The second kappa shape index (κ2) is 3.60. The number of halogens is 3. The molecule has 1 aromatic rings. The Bertz CT molecular complexity index is 315. The summed E-state index contributed by atoms with van der Waals surface area (Å²) in [4.78, 5) is 10.3. The quantitative estimate of drug-likeness (QED) is 0.765. The fraction of sp³-hybridized carbons (Fsp3) is 0.600. The number of nitrogens with zero attached hydrogens (tertiary/aromatic N) is 1. The van der Waals surface area contributed by atoms with Crippen molar-refractivity contribution in [2.45, 2.75) is 12.8 Å². The van der Waals surface area contributed by atoms with Gasteiger partial charge in [-0.05, 0) is 0 Å². The van der Waals surface area contributed by atoms with Crippen LogP contribution in [-0.4, -0.2) is 23.0 Å². The predicted molar refractivity (Wildman–Crippen MR) is 32.8 cm³/mol. The molecule has 0 fully saturated rings. The topological polar surface area (TPSA) is 68.1 Å². The first kappa shape index (κ1) is 9.78. The summed E-state index contributed by atoms with van der Waals surface area (Å²) in [6.45, 7) is -1.89. The lowest BCUT2D eigenvalue weighted by molar-refractivity contribution is -0.177. The van der Waals surface area contributed by atoms with E-state index in [1.807, 2.05) is 5.10 Å². The first-order chi connectivity index (χ1) is 5.97. The smallest absolute Gasteiger partial charge is 0.390 e. The second-order valence-electron chi connectivity index (χ2n) is 2.11. The summed E-state index contributed by atoms with van der Waals surface area (Å²) in [6.07, 6.45) is -4.39. The lowest BCUT2D eigenvalue weighted by Crippen LogP contribution is -2.16. The molecule has 74 valence electrons. The van der Waals surface area contributed by atoms with E-state index in [1.165, 1.54) is 0 Å². The van der Waals surface area contributed by atoms with Gasteiger partial charge in [0, 0.05) is 0 Å². The van der Waals surface area contributed by atoms with E-state index in [4.69, 9.17) is 0 Å². The largest absolute Gasteiger partial charge is 0.434 e. The fourth-order valence-corrected chi connectivity index (χ4v) is 0.576. The zero-order valence-electron chi connectivity index (χ0n) is 6.22. The molecule has 0 atom stereocenters. The van der Waals surface area contributed by atoms with Crippen LogP contribution in [0.15, 0.2) is 9.21 Å². The average Bonchev–Trinajstić information content (AvgIpc) is 2.33. The molecule has 0 aliphatic carbocycles. The summed E-state index contributed by atoms with van der Waals surface area (Å²) in [7, 11) is 0. The van der Waals surface area contributed by atoms with Crippen molar-refractivity contribution in [3.63, 3.8) is 0 Å². The Kier molecular flexibility index (Phi) is 2.71. The molecule has 1 heterocycles. The number of H-pyrrole nitrogens is 1. The van der Waals surface area contributed by atoms with Gasteiger partial charge in [-0.25, -0.2) is 9.89 Å². The molecule has 0 aliphatic heterocycles. The highest BCUT2D eigenvalue weighted by atomic mass is 19.4. The number of alkyl halides is 3. The van der Waals surface area contributed by atoms with Crippen molar-refractivity contribution < 1.29 is 22.3 Å². The predicted octanol–water partition coefficient (Wildman–Crippen LogP) is 0.442. The van der Waals surface area contributed by atoms with Gasteiger partial charge in [0.1, 0.15) is 13.2 Å². The average molecular weight is 198 g/mol. The zero-order chi connectivity index (χ0) is 9.90. The number of aromatic nitrogens is 2. The van der Waals surface area contributed by atoms with E-state index >= 15 is 0 Å². The third-order valence-electron chi connectivity index (χ3n) is 0.974. The van der Waals surface area contributed by atoms with Crippen LogP contribution in [0.2, 0.25) is 0 Å². The van der Waals surface area contributed by atoms with Crippen LogP contribution in [0.5, 0.6) is 0 Å². The van der Waals surface area contributed by atoms with Gasteiger partial charge in [0.15, 0.2) is 0 Å². The van der Waals surface area contributed by atoms with Crippen LogP contribution < -0.4 is 5.76 Å². The SMILES string of the molecule is O=c1[nH]nc(COCC(F)(F)F)o1. The van der Waals surface area contributed by atoms with Crippen LogP contribution in [0.3, 0.4) is 0 Å². The molecular weight excluding hydrogens is 193 g/mol. The minimum Gasteiger partial charge on any atom is -0.390 e. The Labute approximate surface area is 69.5 Å². The van der Waals surface area contributed by atoms with Crippen molar-refractivity contribution in [2.24, 2.45) is 0 Å². The van der Waals surface area contributed by atoms with Crippen molar-refractivity contribution in [3.05, 3.63) is 16.4 Å². The third-order valence-corrected chi connectivity index (χ3v) is 0.974. The van der Waals surface area contributed by atoms with Gasteiger partial charge in [0.05, 0.1) is 0 Å². The van der Waals surface area contributed by atoms with Crippen LogP contribution in [-0.2, 0) is 11.3 Å². The molecule has 0 radical (unpaired) electrons. The molecule has 5 nitrogen and oxygen atoms in total. The first-order valence-corrected chi connectivity index (χ1v) is 3.16. The monoisotopic (exact) mass is 198 g/mol. The van der Waals surface area contributed by atoms with Crippen molar-refractivity contribution in [3.8, 4) is 0 Å². The number of hydrogen-bond donors (Lipinski definition) is 1. The minimum atomic E-state index is -4.39. The highest BCUT2D eigenvalue weighted by Gasteiger charge is 2.27. The van der Waals surface area contributed by atoms with E-state index in [2.05, 4.69) is 14.3 Å². The Morgan fingerprint density at radius 2 is 2.23 bits per heavy atom. The van der Waals surface area contributed by atoms with Gasteiger partial charge in [-0.15, -0.1) is 5.10 Å². The van der Waals surface area contributed by atoms with Crippen LogP contribution >= 0.6 is 0 Å². The maximum atomic E-state index is 11.5. The third kappa shape index (κ3) is 3.74. The van der Waals surface area contributed by atoms with Crippen LogP contribution in [0.1, 0.15) is 5.89 Å². The van der Waals surface area contributed by atoms with Gasteiger partial charge >= 0.3 is 11.9 Å². The summed E-state index contributed by atoms with van der Waals surface area (Å²) in [6, 6.07) is 0. The maximum Gasteiger partial charge on any atom is 0.434 e. The van der Waals surface area contributed by atoms with Crippen LogP contribution in [0.25, 0.3) is 0 Å². The summed E-state index contributed by atoms with van der Waals surface area (Å²) in [5.74, 6) is -1.04. The van der Waals surface area contributed by atoms with Crippen LogP contribution in [0, 0.1) is 0 Å². The molecule has 1 N–H and O–H groups in total. The van der Waals surface area contributed by atoms with Gasteiger partial charge in [-0.1, -0.05) is 0 Å². The summed E-state index contributed by atoms with van der Waals surface area (Å²) in [5, 5.41) is 5.12. The molecule has 8 heteroatoms. The molecule has 13 heavy (non-hydrogen) atoms. The van der Waals surface area contributed by atoms with Crippen LogP contribution in [0.4, 0.5) is 13.2 Å². The van der Waals surface area contributed by atoms with Gasteiger partial charge in [-0.3, -0.25) is 0 Å². The molecule has 1 aromatic heterocycles. The summed E-state index contributed by atoms with van der Waals surface area (Å²) in [5.41, 5.74) is 0. The Hall–Kier alpha value is -1.31. The number of ether oxygens (including phenoxy) is 1. The molecule has 1 rings (SSSR count). The number of nitrogens with one attached hydrogen (secondary N) is 1. The van der Waals surface area contributed by atoms with Crippen molar-refractivity contribution in [1.29, 1.82) is 0 Å². The van der Waals surface area contributed by atoms with E-state index in [1.54, 1.807) is 0 Å². The molecule has 0 spiro atoms. The lowest BCUT2D eigenvalue weighted by atomic mass is 10.6. The standard InChI is InChI=1S/C5H5F3N2O3/c6-5(7,8)2-12-1-3-9-10-4(11)13-3/h1-2H2,(H,10,11). The van der Waals surface area contributed by atoms with E-state index in [-0.39, 0.29) is 5.89 Å². The maximum absolute atomic E-state index is 11.5. The highest BCUT2D eigenvalue weighted by Crippen LogP contribution is 2.14. The van der Waals surface area contributed by atoms with Gasteiger partial charge < -0.3 is 9.15 Å². The Balaban J connectivity index is 2.32. The normalized spacial score (nSPS) is 11.9. The molecule has 0 aromatic carbocycles. The summed E-state index contributed by atoms with van der Waals surface area (Å²) >= 11 is 0. The molecule has 0 saturated carbocycles. The van der Waals surface area contributed by atoms with Crippen molar-refractivity contribution in [2.75, 3.05) is 6.61 Å². The summed E-state index contributed by atoms with van der Waals surface area (Å²) < 4.78 is 43.0. The van der Waals surface area contributed by atoms with E-state index in [0.29, 0.717) is 0 Å². The van der Waals surface area contributed by atoms with Crippen molar-refractivity contribution in [1.82, 2.24) is 10.2 Å². The molecule has 0 saturated heterocycles. The van der Waals surface area contributed by atoms with Gasteiger partial charge in [-0.2, -0.15) is 13.2 Å². The molecule has 0 bridgehead atoms. The fourth-order valence-electron chi connectivity index (χ4n) is 0.576. The Morgan fingerprint density at radius 1 is 1.54 bits per heavy atom. The van der Waals surface area contributed by atoms with E-state index < -0.39 is 25.1 Å². The molecule has 0 unspecified atom stereocenters. The number of hydrogen-bond acceptors (Lipinski definition) is 4. The number of rotatable bonds is 3. The second-order valence-corrected chi connectivity index (χ2v) is 2.11. The Morgan fingerprint density at radius 3 is 2.69 bits per heavy atom. The van der Waals surface area contributed by atoms with E-state index in [0.717, 1.165) is 0 Å². The minimum absolute atomic E-state index is 0.214. The molecular formula is C5H5F3N2O3. The number of aromatic amines is 1. The lowest BCUT2D eigenvalue weighted by Gasteiger charge is -2.04. The molecule has 0 aliphatic rings. The van der Waals surface area contributed by atoms with Gasteiger partial charge in [0.25, 0.3) is 0 Å². The first-order valence-electron chi connectivity index (χ1n) is 3.16.